The fraction of sp³-hybridized carbons (Fsp3) is 0.125. The molecule has 0 aliphatic heterocycles. The highest BCUT2D eigenvalue weighted by Gasteiger charge is 2.15. The summed E-state index contributed by atoms with van der Waals surface area (Å²) in [6, 6.07) is 7.63. The van der Waals surface area contributed by atoms with Gasteiger partial charge in [-0.2, -0.15) is 0 Å². The van der Waals surface area contributed by atoms with Crippen LogP contribution in [-0.4, -0.2) is 12.6 Å². The van der Waals surface area contributed by atoms with E-state index in [9.17, 15) is 9.59 Å². The molecule has 1 aromatic heterocycles. The van der Waals surface area contributed by atoms with Gasteiger partial charge in [-0.1, -0.05) is 24.3 Å². The molecule has 0 saturated heterocycles. The Balaban J connectivity index is 2.58. The minimum Gasteiger partial charge on any atom is -0.455 e. The Morgan fingerprint density at radius 2 is 1.21 bits per heavy atom. The van der Waals surface area contributed by atoms with Crippen molar-refractivity contribution >= 4 is 34.5 Å². The third-order valence-electron chi connectivity index (χ3n) is 3.56. The van der Waals surface area contributed by atoms with Gasteiger partial charge in [-0.05, 0) is 25.0 Å². The lowest BCUT2D eigenvalue weighted by molar-refractivity contribution is 0.111. The van der Waals surface area contributed by atoms with Crippen molar-refractivity contribution in [3.8, 4) is 0 Å². The lowest BCUT2D eigenvalue weighted by atomic mass is 10.0. The number of aldehydes is 2. The SMILES string of the molecule is Cc1ccc2c(oc3c(C=O)c(C)ccc32)c1C=O. The molecular formula is C16H12O3. The minimum atomic E-state index is 0.545. The molecule has 3 rings (SSSR count). The Morgan fingerprint density at radius 1 is 0.789 bits per heavy atom. The van der Waals surface area contributed by atoms with Crippen LogP contribution in [0.2, 0.25) is 0 Å². The highest BCUT2D eigenvalue weighted by Crippen LogP contribution is 2.34. The molecule has 3 heteroatoms. The summed E-state index contributed by atoms with van der Waals surface area (Å²) in [4.78, 5) is 22.4. The van der Waals surface area contributed by atoms with Gasteiger partial charge in [-0.3, -0.25) is 9.59 Å². The van der Waals surface area contributed by atoms with Crippen LogP contribution in [0.15, 0.2) is 28.7 Å². The number of benzene rings is 2. The summed E-state index contributed by atoms with van der Waals surface area (Å²) in [6.07, 6.45) is 1.60. The summed E-state index contributed by atoms with van der Waals surface area (Å²) in [5, 5.41) is 1.73. The second-order valence-corrected chi connectivity index (χ2v) is 4.68. The Morgan fingerprint density at radius 3 is 1.58 bits per heavy atom. The largest absolute Gasteiger partial charge is 0.455 e. The number of furan rings is 1. The topological polar surface area (TPSA) is 47.3 Å². The van der Waals surface area contributed by atoms with Crippen LogP contribution in [0.25, 0.3) is 21.9 Å². The Kier molecular flexibility index (Phi) is 2.49. The summed E-state index contributed by atoms with van der Waals surface area (Å²) in [6.45, 7) is 3.73. The first kappa shape index (κ1) is 11.7. The van der Waals surface area contributed by atoms with Gasteiger partial charge >= 0.3 is 0 Å². The summed E-state index contributed by atoms with van der Waals surface area (Å²) < 4.78 is 5.80. The maximum absolute atomic E-state index is 11.2. The van der Waals surface area contributed by atoms with Gasteiger partial charge in [0.05, 0.1) is 11.1 Å². The summed E-state index contributed by atoms with van der Waals surface area (Å²) in [5.41, 5.74) is 3.93. The van der Waals surface area contributed by atoms with Crippen LogP contribution in [0.5, 0.6) is 0 Å². The van der Waals surface area contributed by atoms with E-state index >= 15 is 0 Å². The standard InChI is InChI=1S/C16H12O3/c1-9-3-5-11-12-6-4-10(2)14(8-18)16(12)19-15(11)13(9)7-17/h3-8H,1-2H3. The summed E-state index contributed by atoms with van der Waals surface area (Å²) in [5.74, 6) is 0. The van der Waals surface area contributed by atoms with Crippen LogP contribution in [0, 0.1) is 13.8 Å². The molecule has 0 radical (unpaired) electrons. The predicted octanol–water partition coefficient (Wildman–Crippen LogP) is 3.83. The maximum Gasteiger partial charge on any atom is 0.154 e. The van der Waals surface area contributed by atoms with Crippen molar-refractivity contribution < 1.29 is 14.0 Å². The van der Waals surface area contributed by atoms with Gasteiger partial charge in [-0.15, -0.1) is 0 Å². The number of carbonyl (C=O) groups is 2. The minimum absolute atomic E-state index is 0.545. The van der Waals surface area contributed by atoms with Crippen molar-refractivity contribution in [3.63, 3.8) is 0 Å². The fourth-order valence-corrected chi connectivity index (χ4v) is 2.44. The Bertz CT molecular complexity index is 757. The van der Waals surface area contributed by atoms with Crippen molar-refractivity contribution in [2.75, 3.05) is 0 Å². The summed E-state index contributed by atoms with van der Waals surface area (Å²) >= 11 is 0. The lowest BCUT2D eigenvalue weighted by Crippen LogP contribution is -1.85. The predicted molar refractivity (Wildman–Crippen MR) is 74.0 cm³/mol. The van der Waals surface area contributed by atoms with Crippen molar-refractivity contribution in [1.29, 1.82) is 0 Å². The molecule has 0 amide bonds. The molecular weight excluding hydrogens is 240 g/mol. The van der Waals surface area contributed by atoms with Crippen LogP contribution < -0.4 is 0 Å². The highest BCUT2D eigenvalue weighted by molar-refractivity contribution is 6.13. The third-order valence-corrected chi connectivity index (χ3v) is 3.56. The molecule has 0 unspecified atom stereocenters. The molecule has 2 aromatic carbocycles. The zero-order chi connectivity index (χ0) is 13.6. The molecule has 94 valence electrons. The van der Waals surface area contributed by atoms with Crippen molar-refractivity contribution in [1.82, 2.24) is 0 Å². The van der Waals surface area contributed by atoms with Crippen LogP contribution in [0.1, 0.15) is 31.8 Å². The molecule has 3 nitrogen and oxygen atoms in total. The molecule has 0 N–H and O–H groups in total. The molecule has 0 saturated carbocycles. The molecule has 0 aliphatic rings. The van der Waals surface area contributed by atoms with Crippen molar-refractivity contribution in [3.05, 3.63) is 46.5 Å². The molecule has 0 atom stereocenters. The second-order valence-electron chi connectivity index (χ2n) is 4.68. The van der Waals surface area contributed by atoms with Crippen LogP contribution in [0.4, 0.5) is 0 Å². The number of aryl methyl sites for hydroxylation is 2. The zero-order valence-corrected chi connectivity index (χ0v) is 10.7. The van der Waals surface area contributed by atoms with E-state index in [0.717, 1.165) is 34.5 Å². The quantitative estimate of drug-likeness (QED) is 0.651. The number of hydrogen-bond acceptors (Lipinski definition) is 3. The van der Waals surface area contributed by atoms with E-state index in [-0.39, 0.29) is 0 Å². The monoisotopic (exact) mass is 252 g/mol. The number of hydrogen-bond donors (Lipinski definition) is 0. The van der Waals surface area contributed by atoms with Gasteiger partial charge in [0.15, 0.2) is 12.6 Å². The van der Waals surface area contributed by atoms with Gasteiger partial charge in [0.1, 0.15) is 11.2 Å². The first-order valence-electron chi connectivity index (χ1n) is 6.03. The van der Waals surface area contributed by atoms with E-state index in [0.29, 0.717) is 22.3 Å². The maximum atomic E-state index is 11.2. The van der Waals surface area contributed by atoms with Crippen LogP contribution >= 0.6 is 0 Å². The normalized spacial score (nSPS) is 11.1. The van der Waals surface area contributed by atoms with Crippen LogP contribution in [0.3, 0.4) is 0 Å². The smallest absolute Gasteiger partial charge is 0.154 e. The average molecular weight is 252 g/mol. The van der Waals surface area contributed by atoms with Gasteiger partial charge in [0.2, 0.25) is 0 Å². The van der Waals surface area contributed by atoms with Gasteiger partial charge < -0.3 is 4.42 Å². The van der Waals surface area contributed by atoms with E-state index in [4.69, 9.17) is 4.42 Å². The molecule has 0 spiro atoms. The highest BCUT2D eigenvalue weighted by atomic mass is 16.3. The summed E-state index contributed by atoms with van der Waals surface area (Å²) in [7, 11) is 0. The fourth-order valence-electron chi connectivity index (χ4n) is 2.44. The van der Waals surface area contributed by atoms with E-state index in [1.165, 1.54) is 0 Å². The first-order valence-corrected chi connectivity index (χ1v) is 6.03. The molecule has 3 aromatic rings. The number of carbonyl (C=O) groups excluding carboxylic acids is 2. The molecule has 19 heavy (non-hydrogen) atoms. The van der Waals surface area contributed by atoms with Gasteiger partial charge in [-0.25, -0.2) is 0 Å². The van der Waals surface area contributed by atoms with Gasteiger partial charge in [0, 0.05) is 10.8 Å². The van der Waals surface area contributed by atoms with E-state index in [1.807, 2.05) is 38.1 Å². The van der Waals surface area contributed by atoms with Gasteiger partial charge in [0.25, 0.3) is 0 Å². The number of rotatable bonds is 2. The van der Waals surface area contributed by atoms with E-state index in [2.05, 4.69) is 0 Å². The molecule has 0 bridgehead atoms. The van der Waals surface area contributed by atoms with E-state index < -0.39 is 0 Å². The molecule has 0 aliphatic carbocycles. The lowest BCUT2D eigenvalue weighted by Gasteiger charge is -1.97. The molecule has 1 heterocycles. The van der Waals surface area contributed by atoms with Crippen molar-refractivity contribution in [2.24, 2.45) is 0 Å². The first-order chi connectivity index (χ1) is 9.17. The van der Waals surface area contributed by atoms with E-state index in [1.54, 1.807) is 0 Å². The van der Waals surface area contributed by atoms with Crippen LogP contribution in [-0.2, 0) is 0 Å². The second kappa shape index (κ2) is 4.05. The zero-order valence-electron chi connectivity index (χ0n) is 10.7. The average Bonchev–Trinajstić information content (AvgIpc) is 2.77. The Labute approximate surface area is 109 Å². The molecule has 0 fully saturated rings. The van der Waals surface area contributed by atoms with Crippen molar-refractivity contribution in [2.45, 2.75) is 13.8 Å². The Hall–Kier alpha value is -2.42. The third kappa shape index (κ3) is 1.51. The number of fused-ring (bicyclic) bond motifs is 3.